The zero-order valence-electron chi connectivity index (χ0n) is 10.8. The highest BCUT2D eigenvalue weighted by atomic mass is 32.2. The maximum atomic E-state index is 11.8. The Morgan fingerprint density at radius 3 is 2.79 bits per heavy atom. The molecule has 1 fully saturated rings. The minimum atomic E-state index is -2.88. The predicted octanol–water partition coefficient (Wildman–Crippen LogP) is 1.15. The zero-order chi connectivity index (χ0) is 14.0. The van der Waals surface area contributed by atoms with E-state index < -0.39 is 9.84 Å². The van der Waals surface area contributed by atoms with Crippen molar-refractivity contribution in [2.24, 2.45) is 0 Å². The third-order valence-corrected chi connectivity index (χ3v) is 6.22. The molecule has 8 heteroatoms. The molecule has 1 amide bonds. The van der Waals surface area contributed by atoms with Gasteiger partial charge in [0.1, 0.15) is 11.4 Å². The van der Waals surface area contributed by atoms with Gasteiger partial charge in [0.2, 0.25) is 5.91 Å². The van der Waals surface area contributed by atoms with Crippen LogP contribution in [0.4, 0.5) is 5.69 Å². The van der Waals surface area contributed by atoms with E-state index in [-0.39, 0.29) is 28.4 Å². The van der Waals surface area contributed by atoms with E-state index in [4.69, 9.17) is 4.52 Å². The van der Waals surface area contributed by atoms with Crippen LogP contribution in [0, 0.1) is 13.8 Å². The summed E-state index contributed by atoms with van der Waals surface area (Å²) in [7, 11) is -2.88. The van der Waals surface area contributed by atoms with Crippen molar-refractivity contribution >= 4 is 33.2 Å². The topological polar surface area (TPSA) is 89.3 Å². The summed E-state index contributed by atoms with van der Waals surface area (Å²) in [4.78, 5) is 11.8. The van der Waals surface area contributed by atoms with Gasteiger partial charge in [-0.3, -0.25) is 4.79 Å². The van der Waals surface area contributed by atoms with Gasteiger partial charge in [-0.05, 0) is 20.3 Å². The van der Waals surface area contributed by atoms with Gasteiger partial charge in [-0.25, -0.2) is 8.42 Å². The minimum Gasteiger partial charge on any atom is -0.359 e. The van der Waals surface area contributed by atoms with E-state index in [2.05, 4.69) is 10.5 Å². The first kappa shape index (κ1) is 14.4. The Morgan fingerprint density at radius 2 is 2.26 bits per heavy atom. The second-order valence-corrected chi connectivity index (χ2v) is 8.10. The molecule has 2 heterocycles. The van der Waals surface area contributed by atoms with Crippen LogP contribution < -0.4 is 5.32 Å². The summed E-state index contributed by atoms with van der Waals surface area (Å²) in [6.45, 7) is 3.48. The summed E-state index contributed by atoms with van der Waals surface area (Å²) in [5.41, 5.74) is 1.24. The number of nitrogens with one attached hydrogen (secondary N) is 1. The maximum absolute atomic E-state index is 11.8. The number of carbonyl (C=O) groups is 1. The average molecular weight is 304 g/mol. The van der Waals surface area contributed by atoms with Gasteiger partial charge in [0.25, 0.3) is 0 Å². The van der Waals surface area contributed by atoms with E-state index in [0.717, 1.165) is 0 Å². The quantitative estimate of drug-likeness (QED) is 0.897. The molecule has 1 atom stereocenters. The lowest BCUT2D eigenvalue weighted by Gasteiger charge is -2.07. The molecule has 1 aromatic heterocycles. The molecule has 1 aromatic rings. The number of aryl methyl sites for hydroxylation is 2. The normalized spacial score (nSPS) is 21.5. The molecule has 1 aliphatic rings. The number of aromatic nitrogens is 1. The van der Waals surface area contributed by atoms with Crippen LogP contribution in [0.15, 0.2) is 4.52 Å². The summed E-state index contributed by atoms with van der Waals surface area (Å²) in [5.74, 6) is 1.06. The van der Waals surface area contributed by atoms with Crippen molar-refractivity contribution in [3.63, 3.8) is 0 Å². The van der Waals surface area contributed by atoms with Crippen LogP contribution in [-0.4, -0.2) is 42.0 Å². The summed E-state index contributed by atoms with van der Waals surface area (Å²) >= 11 is 1.39. The van der Waals surface area contributed by atoms with Crippen molar-refractivity contribution in [3.05, 3.63) is 11.5 Å². The Bertz CT molecular complexity index is 560. The van der Waals surface area contributed by atoms with Gasteiger partial charge < -0.3 is 9.84 Å². The van der Waals surface area contributed by atoms with Crippen molar-refractivity contribution in [2.45, 2.75) is 25.5 Å². The number of hydrogen-bond acceptors (Lipinski definition) is 6. The van der Waals surface area contributed by atoms with E-state index in [9.17, 15) is 13.2 Å². The lowest BCUT2D eigenvalue weighted by atomic mass is 10.3. The Hall–Kier alpha value is -1.02. The van der Waals surface area contributed by atoms with E-state index in [1.54, 1.807) is 13.8 Å². The Labute approximate surface area is 116 Å². The number of rotatable bonds is 4. The van der Waals surface area contributed by atoms with Crippen molar-refractivity contribution in [1.29, 1.82) is 0 Å². The fraction of sp³-hybridized carbons (Fsp3) is 0.636. The number of nitrogens with zero attached hydrogens (tertiary/aromatic N) is 1. The van der Waals surface area contributed by atoms with Gasteiger partial charge in [0.05, 0.1) is 17.3 Å². The number of amides is 1. The van der Waals surface area contributed by atoms with Gasteiger partial charge in [0, 0.05) is 5.25 Å². The first-order valence-corrected chi connectivity index (χ1v) is 8.79. The molecule has 2 rings (SSSR count). The molecule has 6 nitrogen and oxygen atoms in total. The molecule has 1 aliphatic heterocycles. The van der Waals surface area contributed by atoms with Crippen LogP contribution in [0.25, 0.3) is 0 Å². The summed E-state index contributed by atoms with van der Waals surface area (Å²) in [6.07, 6.45) is 0.631. The monoisotopic (exact) mass is 304 g/mol. The van der Waals surface area contributed by atoms with Crippen molar-refractivity contribution < 1.29 is 17.7 Å². The van der Waals surface area contributed by atoms with E-state index in [1.165, 1.54) is 11.8 Å². The van der Waals surface area contributed by atoms with E-state index in [0.29, 0.717) is 23.6 Å². The first-order valence-electron chi connectivity index (χ1n) is 5.92. The van der Waals surface area contributed by atoms with Crippen molar-refractivity contribution in [3.8, 4) is 0 Å². The molecule has 0 spiro atoms. The van der Waals surface area contributed by atoms with Crippen molar-refractivity contribution in [1.82, 2.24) is 5.16 Å². The van der Waals surface area contributed by atoms with Crippen LogP contribution in [0.5, 0.6) is 0 Å². The number of hydrogen-bond donors (Lipinski definition) is 1. The van der Waals surface area contributed by atoms with Crippen LogP contribution in [0.1, 0.15) is 17.9 Å². The highest BCUT2D eigenvalue weighted by Crippen LogP contribution is 2.25. The highest BCUT2D eigenvalue weighted by molar-refractivity contribution is 8.02. The molecular weight excluding hydrogens is 288 g/mol. The Morgan fingerprint density at radius 1 is 1.53 bits per heavy atom. The van der Waals surface area contributed by atoms with Gasteiger partial charge >= 0.3 is 0 Å². The molecule has 1 saturated heterocycles. The lowest BCUT2D eigenvalue weighted by Crippen LogP contribution is -2.17. The summed E-state index contributed by atoms with van der Waals surface area (Å²) < 4.78 is 27.5. The zero-order valence-corrected chi connectivity index (χ0v) is 12.4. The third-order valence-electron chi connectivity index (χ3n) is 2.94. The van der Waals surface area contributed by atoms with Crippen LogP contribution in [0.3, 0.4) is 0 Å². The standard InChI is InChI=1S/C11H16N2O4S2/c1-7-11(8(2)17-13-7)12-10(14)5-18-9-3-4-19(15,16)6-9/h9H,3-6H2,1-2H3,(H,12,14). The number of thioether (sulfide) groups is 1. The smallest absolute Gasteiger partial charge is 0.234 e. The average Bonchev–Trinajstić information content (AvgIpc) is 2.83. The molecule has 0 bridgehead atoms. The van der Waals surface area contributed by atoms with Crippen LogP contribution in [-0.2, 0) is 14.6 Å². The molecule has 1 N–H and O–H groups in total. The minimum absolute atomic E-state index is 0.0282. The Kier molecular flexibility index (Phi) is 4.19. The van der Waals surface area contributed by atoms with Gasteiger partial charge in [-0.15, -0.1) is 11.8 Å². The van der Waals surface area contributed by atoms with E-state index in [1.807, 2.05) is 0 Å². The third kappa shape index (κ3) is 3.73. The van der Waals surface area contributed by atoms with Gasteiger partial charge in [0.15, 0.2) is 15.6 Å². The molecule has 0 aromatic carbocycles. The second kappa shape index (κ2) is 5.54. The maximum Gasteiger partial charge on any atom is 0.234 e. The highest BCUT2D eigenvalue weighted by Gasteiger charge is 2.28. The first-order chi connectivity index (χ1) is 8.87. The Balaban J connectivity index is 1.83. The molecule has 19 heavy (non-hydrogen) atoms. The number of anilines is 1. The molecule has 106 valence electrons. The van der Waals surface area contributed by atoms with Crippen LogP contribution >= 0.6 is 11.8 Å². The van der Waals surface area contributed by atoms with E-state index >= 15 is 0 Å². The summed E-state index contributed by atoms with van der Waals surface area (Å²) in [5, 5.41) is 6.52. The van der Waals surface area contributed by atoms with Gasteiger partial charge in [-0.2, -0.15) is 0 Å². The molecule has 0 saturated carbocycles. The van der Waals surface area contributed by atoms with Crippen LogP contribution in [0.2, 0.25) is 0 Å². The number of carbonyl (C=O) groups excluding carboxylic acids is 1. The fourth-order valence-corrected chi connectivity index (χ4v) is 5.37. The molecule has 1 unspecified atom stereocenters. The number of sulfone groups is 1. The van der Waals surface area contributed by atoms with Crippen molar-refractivity contribution in [2.75, 3.05) is 22.6 Å². The summed E-state index contributed by atoms with van der Waals surface area (Å²) in [6, 6.07) is 0. The fourth-order valence-electron chi connectivity index (χ4n) is 1.92. The second-order valence-electron chi connectivity index (χ2n) is 4.58. The molecular formula is C11H16N2O4S2. The molecule has 0 aliphatic carbocycles. The largest absolute Gasteiger partial charge is 0.359 e. The SMILES string of the molecule is Cc1noc(C)c1NC(=O)CSC1CCS(=O)(=O)C1. The van der Waals surface area contributed by atoms with Gasteiger partial charge in [-0.1, -0.05) is 5.16 Å². The predicted molar refractivity (Wildman–Crippen MR) is 74.1 cm³/mol. The molecule has 0 radical (unpaired) electrons. The lowest BCUT2D eigenvalue weighted by molar-refractivity contribution is -0.113.